The van der Waals surface area contributed by atoms with Crippen molar-refractivity contribution in [3.05, 3.63) is 40.5 Å². The van der Waals surface area contributed by atoms with Gasteiger partial charge in [-0.15, -0.1) is 0 Å². The van der Waals surface area contributed by atoms with Gasteiger partial charge in [-0.2, -0.15) is 0 Å². The highest BCUT2D eigenvalue weighted by molar-refractivity contribution is 5.78. The zero-order valence-corrected chi connectivity index (χ0v) is 8.84. The van der Waals surface area contributed by atoms with Crippen LogP contribution in [-0.4, -0.2) is 18.3 Å². The molecule has 0 spiro atoms. The van der Waals surface area contributed by atoms with Crippen LogP contribution in [0, 0.1) is 10.8 Å². The van der Waals surface area contributed by atoms with Gasteiger partial charge in [0.05, 0.1) is 16.9 Å². The molecule has 0 radical (unpaired) electrons. The van der Waals surface area contributed by atoms with Gasteiger partial charge in [0.15, 0.2) is 13.4 Å². The smallest absolute Gasteiger partial charge is 0.298 e. The normalized spacial score (nSPS) is 20.8. The highest BCUT2D eigenvalue weighted by Gasteiger charge is 2.28. The first-order valence-corrected chi connectivity index (χ1v) is 4.73. The summed E-state index contributed by atoms with van der Waals surface area (Å²) in [5, 5.41) is 0. The van der Waals surface area contributed by atoms with Crippen molar-refractivity contribution in [2.24, 2.45) is 5.92 Å². The highest BCUT2D eigenvalue weighted by atomic mass is 16.8. The molecule has 4 heteroatoms. The minimum atomic E-state index is 0.153. The molecule has 1 aliphatic carbocycles. The second-order valence-corrected chi connectivity index (χ2v) is 3.21. The van der Waals surface area contributed by atoms with Crippen molar-refractivity contribution in [1.82, 2.24) is 0 Å². The summed E-state index contributed by atoms with van der Waals surface area (Å²) < 4.78 is 0. The number of nitrogens with zero attached hydrogens (tertiary/aromatic N) is 1. The lowest BCUT2D eigenvalue weighted by Gasteiger charge is -2.09. The standard InChI is InChI=1S/C11H14NO3/c1-3-4-9-5-6-10(8-13)11(7-9)12(14)15-2/h3-6,8-9H,7H2,1-2H3/q+1. The number of carbonyl (C=O) groups is 1. The van der Waals surface area contributed by atoms with Crippen molar-refractivity contribution in [3.63, 3.8) is 0 Å². The summed E-state index contributed by atoms with van der Waals surface area (Å²) >= 11 is 0. The summed E-state index contributed by atoms with van der Waals surface area (Å²) in [6.45, 7) is 1.91. The Morgan fingerprint density at radius 2 is 2.33 bits per heavy atom. The van der Waals surface area contributed by atoms with Crippen molar-refractivity contribution < 1.29 is 14.6 Å². The summed E-state index contributed by atoms with van der Waals surface area (Å²) in [5.74, 6) is 0.153. The van der Waals surface area contributed by atoms with Crippen molar-refractivity contribution >= 4 is 6.29 Å². The highest BCUT2D eigenvalue weighted by Crippen LogP contribution is 2.24. The number of hydrogen-bond acceptors (Lipinski definition) is 3. The monoisotopic (exact) mass is 208 g/mol. The van der Waals surface area contributed by atoms with Crippen LogP contribution in [0.15, 0.2) is 35.6 Å². The molecular weight excluding hydrogens is 194 g/mol. The van der Waals surface area contributed by atoms with Gasteiger partial charge in [0.25, 0.3) is 4.92 Å². The molecule has 80 valence electrons. The fourth-order valence-electron chi connectivity index (χ4n) is 1.51. The largest absolute Gasteiger partial charge is 0.304 e. The summed E-state index contributed by atoms with van der Waals surface area (Å²) in [6, 6.07) is 0. The summed E-state index contributed by atoms with van der Waals surface area (Å²) in [7, 11) is 1.28. The zero-order valence-electron chi connectivity index (χ0n) is 8.84. The molecule has 0 saturated carbocycles. The molecule has 0 saturated heterocycles. The molecule has 0 fully saturated rings. The van der Waals surface area contributed by atoms with Gasteiger partial charge in [0.2, 0.25) is 0 Å². The van der Waals surface area contributed by atoms with Crippen LogP contribution in [0.25, 0.3) is 0 Å². The number of hydrogen-bond donors (Lipinski definition) is 0. The van der Waals surface area contributed by atoms with E-state index in [0.29, 0.717) is 28.9 Å². The third-order valence-corrected chi connectivity index (χ3v) is 2.24. The van der Waals surface area contributed by atoms with Gasteiger partial charge in [-0.1, -0.05) is 18.2 Å². The van der Waals surface area contributed by atoms with E-state index in [2.05, 4.69) is 4.84 Å². The Morgan fingerprint density at radius 1 is 1.60 bits per heavy atom. The van der Waals surface area contributed by atoms with Crippen LogP contribution >= 0.6 is 0 Å². The Hall–Kier alpha value is -1.71. The summed E-state index contributed by atoms with van der Waals surface area (Å²) in [5.41, 5.74) is 0.755. The zero-order chi connectivity index (χ0) is 11.3. The van der Waals surface area contributed by atoms with Crippen molar-refractivity contribution in [2.75, 3.05) is 7.11 Å². The van der Waals surface area contributed by atoms with Crippen LogP contribution in [0.3, 0.4) is 0 Å². The number of allylic oxidation sites excluding steroid dienone is 6. The summed E-state index contributed by atoms with van der Waals surface area (Å²) in [4.78, 5) is 27.0. The Labute approximate surface area is 88.4 Å². The third-order valence-electron chi connectivity index (χ3n) is 2.24. The van der Waals surface area contributed by atoms with E-state index in [1.165, 1.54) is 7.11 Å². The number of rotatable bonds is 4. The van der Waals surface area contributed by atoms with Crippen molar-refractivity contribution in [1.29, 1.82) is 0 Å². The minimum Gasteiger partial charge on any atom is -0.298 e. The fourth-order valence-corrected chi connectivity index (χ4v) is 1.51. The van der Waals surface area contributed by atoms with Gasteiger partial charge in [-0.25, -0.2) is 4.84 Å². The van der Waals surface area contributed by atoms with Gasteiger partial charge in [-0.05, 0) is 13.0 Å². The van der Waals surface area contributed by atoms with Gasteiger partial charge in [-0.3, -0.25) is 4.79 Å². The molecule has 0 aromatic rings. The summed E-state index contributed by atoms with van der Waals surface area (Å²) in [6.07, 6.45) is 8.60. The van der Waals surface area contributed by atoms with E-state index >= 15 is 0 Å². The van der Waals surface area contributed by atoms with Crippen molar-refractivity contribution in [3.8, 4) is 0 Å². The first-order valence-electron chi connectivity index (χ1n) is 4.73. The van der Waals surface area contributed by atoms with Gasteiger partial charge in [0.1, 0.15) is 0 Å². The lowest BCUT2D eigenvalue weighted by molar-refractivity contribution is -0.763. The molecule has 15 heavy (non-hydrogen) atoms. The van der Waals surface area contributed by atoms with Crippen LogP contribution in [0.5, 0.6) is 0 Å². The van der Waals surface area contributed by atoms with E-state index in [0.717, 1.165) is 0 Å². The predicted molar refractivity (Wildman–Crippen MR) is 55.8 cm³/mol. The Kier molecular flexibility index (Phi) is 3.97. The Balaban J connectivity index is 2.95. The molecule has 1 aliphatic rings. The Morgan fingerprint density at radius 3 is 2.87 bits per heavy atom. The average molecular weight is 208 g/mol. The lowest BCUT2D eigenvalue weighted by Crippen LogP contribution is -2.14. The Bertz CT molecular complexity index is 353. The van der Waals surface area contributed by atoms with Crippen LogP contribution in [0.4, 0.5) is 0 Å². The van der Waals surface area contributed by atoms with Gasteiger partial charge >= 0.3 is 5.70 Å². The van der Waals surface area contributed by atoms with Crippen LogP contribution < -0.4 is 0 Å². The fraction of sp³-hybridized carbons (Fsp3) is 0.364. The first kappa shape index (κ1) is 11.4. The molecule has 0 bridgehead atoms. The molecule has 0 N–H and O–H groups in total. The molecule has 0 heterocycles. The van der Waals surface area contributed by atoms with Crippen LogP contribution in [0.2, 0.25) is 0 Å². The quantitative estimate of drug-likeness (QED) is 0.403. The molecule has 1 rings (SSSR count). The van der Waals surface area contributed by atoms with E-state index in [1.54, 1.807) is 6.08 Å². The second-order valence-electron chi connectivity index (χ2n) is 3.21. The van der Waals surface area contributed by atoms with Crippen LogP contribution in [-0.2, 0) is 9.63 Å². The van der Waals surface area contributed by atoms with Crippen LogP contribution in [0.1, 0.15) is 13.3 Å². The molecule has 0 aromatic carbocycles. The molecule has 1 unspecified atom stereocenters. The molecule has 4 nitrogen and oxygen atoms in total. The molecule has 0 aromatic heterocycles. The molecule has 1 atom stereocenters. The first-order chi connectivity index (χ1) is 7.22. The molecule has 0 amide bonds. The van der Waals surface area contributed by atoms with Crippen molar-refractivity contribution in [2.45, 2.75) is 13.3 Å². The minimum absolute atomic E-state index is 0.153. The van der Waals surface area contributed by atoms with E-state index in [-0.39, 0.29) is 5.92 Å². The average Bonchev–Trinajstić information content (AvgIpc) is 2.28. The van der Waals surface area contributed by atoms with Gasteiger partial charge in [0, 0.05) is 5.92 Å². The maximum atomic E-state index is 11.3. The molecule has 0 aliphatic heterocycles. The van der Waals surface area contributed by atoms with E-state index < -0.39 is 0 Å². The number of aldehydes is 1. The van der Waals surface area contributed by atoms with E-state index in [1.807, 2.05) is 25.2 Å². The lowest BCUT2D eigenvalue weighted by atomic mass is 9.94. The van der Waals surface area contributed by atoms with E-state index in [4.69, 9.17) is 0 Å². The molecular formula is C11H14NO3+. The maximum absolute atomic E-state index is 11.3. The SMILES string of the molecule is CC=CC1C=CC(C=O)=C([N+](=O)OC)C1. The van der Waals surface area contributed by atoms with E-state index in [9.17, 15) is 9.70 Å². The van der Waals surface area contributed by atoms with Gasteiger partial charge < -0.3 is 0 Å². The second kappa shape index (κ2) is 5.24. The maximum Gasteiger partial charge on any atom is 0.304 e. The topological polar surface area (TPSA) is 46.4 Å². The predicted octanol–water partition coefficient (Wildman–Crippen LogP) is 1.93. The third kappa shape index (κ3) is 2.62. The number of carbonyl (C=O) groups excluding carboxylic acids is 1.